The van der Waals surface area contributed by atoms with Crippen LogP contribution in [0.1, 0.15) is 31.0 Å². The molecule has 2 aliphatic rings. The molecule has 10 heteroatoms. The van der Waals surface area contributed by atoms with Crippen LogP contribution in [0.15, 0.2) is 57.5 Å². The van der Waals surface area contributed by atoms with Gasteiger partial charge in [-0.05, 0) is 49.2 Å². The van der Waals surface area contributed by atoms with E-state index >= 15 is 0 Å². The minimum atomic E-state index is -0.707. The highest BCUT2D eigenvalue weighted by Crippen LogP contribution is 2.37. The Morgan fingerprint density at radius 3 is 2.65 bits per heavy atom. The molecular weight excluding hydrogens is 499 g/mol. The van der Waals surface area contributed by atoms with Gasteiger partial charge in [0.2, 0.25) is 6.79 Å². The Morgan fingerprint density at radius 1 is 1.24 bits per heavy atom. The van der Waals surface area contributed by atoms with Gasteiger partial charge in [0, 0.05) is 11.1 Å². The number of hydrogen-bond donors (Lipinski definition) is 0. The first kappa shape index (κ1) is 22.7. The van der Waals surface area contributed by atoms with E-state index in [2.05, 4.69) is 4.99 Å². The van der Waals surface area contributed by atoms with Gasteiger partial charge >= 0.3 is 5.97 Å². The zero-order valence-corrected chi connectivity index (χ0v) is 20.5. The molecule has 0 bridgehead atoms. The van der Waals surface area contributed by atoms with E-state index in [1.807, 2.05) is 0 Å². The lowest BCUT2D eigenvalue weighted by Gasteiger charge is -2.24. The molecule has 7 nitrogen and oxygen atoms in total. The number of thiazole rings is 1. The van der Waals surface area contributed by atoms with E-state index in [-0.39, 0.29) is 19.0 Å². The minimum Gasteiger partial charge on any atom is -0.463 e. The van der Waals surface area contributed by atoms with Crippen LogP contribution in [-0.4, -0.2) is 23.9 Å². The smallest absolute Gasteiger partial charge is 0.338 e. The number of aromatic nitrogens is 1. The maximum Gasteiger partial charge on any atom is 0.338 e. The lowest BCUT2D eigenvalue weighted by molar-refractivity contribution is -0.139. The molecule has 5 rings (SSSR count). The van der Waals surface area contributed by atoms with Crippen molar-refractivity contribution in [3.63, 3.8) is 0 Å². The number of allylic oxidation sites excluding steroid dienone is 1. The maximum absolute atomic E-state index is 13.6. The van der Waals surface area contributed by atoms with Crippen LogP contribution in [0.4, 0.5) is 0 Å². The third kappa shape index (κ3) is 3.91. The Balaban J connectivity index is 1.71. The molecule has 3 aromatic rings. The maximum atomic E-state index is 13.6. The first-order chi connectivity index (χ1) is 16.4. The molecule has 0 unspecified atom stereocenters. The second-order valence-corrected chi connectivity index (χ2v) is 9.43. The highest BCUT2D eigenvalue weighted by Gasteiger charge is 2.33. The fourth-order valence-electron chi connectivity index (χ4n) is 3.94. The number of esters is 1. The molecule has 174 valence electrons. The van der Waals surface area contributed by atoms with Gasteiger partial charge < -0.3 is 14.2 Å². The first-order valence-corrected chi connectivity index (χ1v) is 12.0. The summed E-state index contributed by atoms with van der Waals surface area (Å²) in [6.07, 6.45) is 1.69. The van der Waals surface area contributed by atoms with E-state index in [1.54, 1.807) is 56.3 Å². The van der Waals surface area contributed by atoms with Crippen molar-refractivity contribution in [3.8, 4) is 11.5 Å². The van der Waals surface area contributed by atoms with E-state index in [4.69, 9.17) is 37.4 Å². The zero-order valence-electron chi connectivity index (χ0n) is 18.1. The Labute approximate surface area is 208 Å². The Kier molecular flexibility index (Phi) is 5.97. The molecule has 0 radical (unpaired) electrons. The number of nitrogens with zero attached hydrogens (tertiary/aromatic N) is 2. The monoisotopic (exact) mass is 516 g/mol. The molecule has 0 aliphatic carbocycles. The van der Waals surface area contributed by atoms with Crippen molar-refractivity contribution in [1.29, 1.82) is 0 Å². The summed E-state index contributed by atoms with van der Waals surface area (Å²) in [6, 6.07) is 9.70. The van der Waals surface area contributed by atoms with E-state index in [0.717, 1.165) is 5.56 Å². The van der Waals surface area contributed by atoms with E-state index in [9.17, 15) is 9.59 Å². The predicted octanol–water partition coefficient (Wildman–Crippen LogP) is 3.83. The number of halogens is 2. The summed E-state index contributed by atoms with van der Waals surface area (Å²) in [5.41, 5.74) is 1.83. The van der Waals surface area contributed by atoms with Crippen LogP contribution in [-0.2, 0) is 9.53 Å². The topological polar surface area (TPSA) is 79.1 Å². The molecule has 34 heavy (non-hydrogen) atoms. The second kappa shape index (κ2) is 8.94. The Bertz CT molecular complexity index is 1520. The Hall–Kier alpha value is -3.07. The van der Waals surface area contributed by atoms with E-state index in [1.165, 1.54) is 15.9 Å². The number of fused-ring (bicyclic) bond motifs is 2. The van der Waals surface area contributed by atoms with E-state index < -0.39 is 12.0 Å². The van der Waals surface area contributed by atoms with Crippen molar-refractivity contribution < 1.29 is 19.0 Å². The van der Waals surface area contributed by atoms with Crippen LogP contribution in [0.2, 0.25) is 10.0 Å². The molecular formula is C24H18Cl2N2O5S. The van der Waals surface area contributed by atoms with Crippen LogP contribution in [0, 0.1) is 0 Å². The van der Waals surface area contributed by atoms with Gasteiger partial charge in [-0.3, -0.25) is 9.36 Å². The van der Waals surface area contributed by atoms with Crippen LogP contribution in [0.5, 0.6) is 11.5 Å². The van der Waals surface area contributed by atoms with Crippen molar-refractivity contribution in [2.45, 2.75) is 19.9 Å². The molecule has 0 amide bonds. The fraction of sp³-hybridized carbons (Fsp3) is 0.208. The molecule has 0 saturated carbocycles. The molecule has 1 atom stereocenters. The summed E-state index contributed by atoms with van der Waals surface area (Å²) in [6.45, 7) is 3.79. The van der Waals surface area contributed by atoms with Crippen LogP contribution in [0.3, 0.4) is 0 Å². The van der Waals surface area contributed by atoms with Gasteiger partial charge in [-0.2, -0.15) is 0 Å². The minimum absolute atomic E-state index is 0.119. The second-order valence-electron chi connectivity index (χ2n) is 7.58. The molecule has 2 aromatic carbocycles. The average molecular weight is 517 g/mol. The van der Waals surface area contributed by atoms with Gasteiger partial charge in [0.25, 0.3) is 5.56 Å². The number of carbonyl (C=O) groups is 1. The number of carbonyl (C=O) groups excluding carboxylic acids is 1. The third-order valence-electron chi connectivity index (χ3n) is 5.48. The van der Waals surface area contributed by atoms with Crippen molar-refractivity contribution in [3.05, 3.63) is 88.5 Å². The zero-order chi connectivity index (χ0) is 24.0. The average Bonchev–Trinajstić information content (AvgIpc) is 3.37. The molecule has 3 heterocycles. The van der Waals surface area contributed by atoms with Gasteiger partial charge in [-0.25, -0.2) is 9.79 Å². The normalized spacial score (nSPS) is 16.9. The highest BCUT2D eigenvalue weighted by molar-refractivity contribution is 7.07. The Morgan fingerprint density at radius 2 is 1.94 bits per heavy atom. The number of ether oxygens (including phenoxy) is 3. The quantitative estimate of drug-likeness (QED) is 0.492. The summed E-state index contributed by atoms with van der Waals surface area (Å²) in [7, 11) is 0. The molecule has 0 saturated heterocycles. The summed E-state index contributed by atoms with van der Waals surface area (Å²) >= 11 is 13.7. The summed E-state index contributed by atoms with van der Waals surface area (Å²) < 4.78 is 18.0. The van der Waals surface area contributed by atoms with Gasteiger partial charge in [-0.15, -0.1) is 0 Å². The lowest BCUT2D eigenvalue weighted by Crippen LogP contribution is -2.39. The largest absolute Gasteiger partial charge is 0.463 e. The van der Waals surface area contributed by atoms with Crippen molar-refractivity contribution in [1.82, 2.24) is 4.57 Å². The molecule has 2 aliphatic heterocycles. The van der Waals surface area contributed by atoms with Crippen LogP contribution in [0.25, 0.3) is 6.08 Å². The van der Waals surface area contributed by atoms with Gasteiger partial charge in [-0.1, -0.05) is 46.7 Å². The highest BCUT2D eigenvalue weighted by atomic mass is 35.5. The van der Waals surface area contributed by atoms with Crippen LogP contribution < -0.4 is 24.4 Å². The van der Waals surface area contributed by atoms with E-state index in [0.29, 0.717) is 47.7 Å². The molecule has 1 aromatic heterocycles. The first-order valence-electron chi connectivity index (χ1n) is 10.4. The predicted molar refractivity (Wildman–Crippen MR) is 129 cm³/mol. The van der Waals surface area contributed by atoms with Crippen molar-refractivity contribution in [2.24, 2.45) is 4.99 Å². The van der Waals surface area contributed by atoms with Crippen molar-refractivity contribution >= 4 is 46.6 Å². The summed E-state index contributed by atoms with van der Waals surface area (Å²) in [5, 5.41) is 0.972. The van der Waals surface area contributed by atoms with Gasteiger partial charge in [0.15, 0.2) is 16.3 Å². The van der Waals surface area contributed by atoms with Gasteiger partial charge in [0.1, 0.15) is 0 Å². The van der Waals surface area contributed by atoms with Crippen molar-refractivity contribution in [2.75, 3.05) is 13.4 Å². The van der Waals surface area contributed by atoms with Gasteiger partial charge in [0.05, 0.1) is 33.5 Å². The summed E-state index contributed by atoms with van der Waals surface area (Å²) in [5.74, 6) is 0.598. The summed E-state index contributed by atoms with van der Waals surface area (Å²) in [4.78, 5) is 31.6. The number of rotatable bonds is 4. The standard InChI is InChI=1S/C24H18Cl2N2O5S/c1-3-31-23(30)20-12(2)27-24-28(21(20)13-4-6-15(25)7-5-13)22(29)19(34-24)9-14-8-17-18(10-16(14)26)33-11-32-17/h4-10,21H,3,11H2,1-2H3/b19-9+/t21-/m0/s1. The van der Waals surface area contributed by atoms with Crippen LogP contribution >= 0.6 is 34.5 Å². The SMILES string of the molecule is CCOC(=O)C1=C(C)N=c2s/c(=C/c3cc4c(cc3Cl)OCO4)c(=O)n2[C@H]1c1ccc(Cl)cc1. The molecule has 0 spiro atoms. The molecule has 0 N–H and O–H groups in total. The number of benzene rings is 2. The lowest BCUT2D eigenvalue weighted by atomic mass is 9.96. The number of hydrogen-bond acceptors (Lipinski definition) is 7. The molecule has 0 fully saturated rings. The fourth-order valence-corrected chi connectivity index (χ4v) is 5.31. The third-order valence-corrected chi connectivity index (χ3v) is 7.04.